The standard InChI is InChI=1S/C57H82N2O21/c1-15-44-41(30-72-56-55(70-14)54(69-13)52(35(7)73-56)76-37(9)61)26-31(3)20-25-43(63)32(4)27-40(18-17-19-46(64)71-16-2)50(80-57-53(77-38(10)62)49(58(11)12)51(34(6)74-57)75-36(8)60)33(5)45(29-48(66)78-44)79-47(65)28-39-21-23-42(24-22-39)59(67)68/h17,19-26,32-35,40-41,44-45,49-57H,15-16,18,27-30H2,1-14H3/b19-17+,25-20+,31-26+/t32-,33+,34+,35-,40+,41-,44-,45-,49-,50-,51+,52-,53+,54-,55-,56-,57-/m1/s1. The molecule has 2 fully saturated rings. The van der Waals surface area contributed by atoms with Crippen molar-refractivity contribution >= 4 is 47.3 Å². The van der Waals surface area contributed by atoms with Crippen molar-refractivity contribution in [3.63, 3.8) is 0 Å². The molecule has 1 aromatic carbocycles. The highest BCUT2D eigenvalue weighted by atomic mass is 16.7. The van der Waals surface area contributed by atoms with E-state index in [1.54, 1.807) is 85.7 Å². The van der Waals surface area contributed by atoms with E-state index in [0.717, 1.165) is 0 Å². The number of benzene rings is 1. The SMILES string of the molecule is CCOC(=O)/C=C/C[C@H]1C[C@@H](C)C(=O)/C=C/C(C)=C/[C@H](CO[C@@H]2O[C@H](C)[C@@H](OC(C)=O)[C@@H](OC)[C@H]2OC)[C@@H](CC)OC(=O)C[C@@H](OC(=O)Cc2ccc([N+](=O)[O-])cc2)[C@H](C)[C@H]1O[C@H]1O[C@@H](C)[C@H](OC(C)=O)[C@@H](N(C)C)[C@@H]1OC(C)=O. The van der Waals surface area contributed by atoms with E-state index in [-0.39, 0.29) is 50.4 Å². The maximum absolute atomic E-state index is 14.7. The summed E-state index contributed by atoms with van der Waals surface area (Å²) in [5.41, 5.74) is 0.776. The maximum Gasteiger partial charge on any atom is 0.330 e. The normalized spacial score (nSPS) is 32.9. The molecule has 446 valence electrons. The van der Waals surface area contributed by atoms with E-state index in [9.17, 15) is 43.7 Å². The van der Waals surface area contributed by atoms with Crippen LogP contribution in [-0.2, 0) is 96.8 Å². The third kappa shape index (κ3) is 19.4. The lowest BCUT2D eigenvalue weighted by Crippen LogP contribution is -2.65. The van der Waals surface area contributed by atoms with Gasteiger partial charge in [0.1, 0.15) is 30.5 Å². The molecule has 0 N–H and O–H groups in total. The van der Waals surface area contributed by atoms with E-state index in [1.165, 1.54) is 71.4 Å². The summed E-state index contributed by atoms with van der Waals surface area (Å²) in [5, 5.41) is 11.5. The first-order valence-electron chi connectivity index (χ1n) is 27.0. The molecule has 0 aromatic heterocycles. The Morgan fingerprint density at radius 3 is 1.96 bits per heavy atom. The number of nitro benzene ring substituents is 1. The molecule has 17 atom stereocenters. The Labute approximate surface area is 468 Å². The molecular formula is C57H82N2O21. The van der Waals surface area contributed by atoms with Crippen LogP contribution in [0, 0.1) is 33.8 Å². The Morgan fingerprint density at radius 2 is 1.39 bits per heavy atom. The highest BCUT2D eigenvalue weighted by Gasteiger charge is 2.52. The zero-order valence-electron chi connectivity index (χ0n) is 48.4. The third-order valence-corrected chi connectivity index (χ3v) is 14.3. The molecule has 0 bridgehead atoms. The summed E-state index contributed by atoms with van der Waals surface area (Å²) < 4.78 is 72.7. The number of cyclic esters (lactones) is 1. The van der Waals surface area contributed by atoms with Crippen LogP contribution < -0.4 is 0 Å². The van der Waals surface area contributed by atoms with Gasteiger partial charge in [-0.05, 0) is 78.6 Å². The van der Waals surface area contributed by atoms with Crippen molar-refractivity contribution in [2.45, 2.75) is 181 Å². The van der Waals surface area contributed by atoms with E-state index < -0.39 is 150 Å². The van der Waals surface area contributed by atoms with Crippen LogP contribution in [0.1, 0.15) is 100 Å². The van der Waals surface area contributed by atoms with Gasteiger partial charge in [0, 0.05) is 71.0 Å². The molecule has 0 saturated carbocycles. The molecular weight excluding hydrogens is 1050 g/mol. The molecule has 0 aliphatic carbocycles. The second-order valence-corrected chi connectivity index (χ2v) is 20.7. The van der Waals surface area contributed by atoms with Crippen LogP contribution in [0.2, 0.25) is 0 Å². The Balaban J connectivity index is 1.91. The molecule has 3 aliphatic rings. The van der Waals surface area contributed by atoms with Gasteiger partial charge in [0.25, 0.3) is 5.69 Å². The minimum Gasteiger partial charge on any atom is -0.463 e. The second-order valence-electron chi connectivity index (χ2n) is 20.7. The number of methoxy groups -OCH3 is 2. The van der Waals surface area contributed by atoms with Crippen LogP contribution in [0.15, 0.2) is 60.2 Å². The average Bonchev–Trinajstić information content (AvgIpc) is 3.38. The number of nitro groups is 1. The van der Waals surface area contributed by atoms with Gasteiger partial charge in [0.05, 0.1) is 55.3 Å². The Morgan fingerprint density at radius 1 is 0.787 bits per heavy atom. The summed E-state index contributed by atoms with van der Waals surface area (Å²) in [6, 6.07) is 4.47. The number of hydrogen-bond acceptors (Lipinski definition) is 22. The number of non-ortho nitro benzene ring substituents is 1. The maximum atomic E-state index is 14.7. The molecule has 0 radical (unpaired) electrons. The van der Waals surface area contributed by atoms with E-state index >= 15 is 0 Å². The number of likely N-dealkylation sites (N-methyl/N-ethyl adjacent to an activating group) is 1. The lowest BCUT2D eigenvalue weighted by atomic mass is 9.79. The number of allylic oxidation sites excluding steroid dienone is 4. The number of ketones is 1. The third-order valence-electron chi connectivity index (χ3n) is 14.3. The smallest absolute Gasteiger partial charge is 0.330 e. The fourth-order valence-corrected chi connectivity index (χ4v) is 10.4. The number of hydrogen-bond donors (Lipinski definition) is 0. The zero-order chi connectivity index (χ0) is 59.5. The highest BCUT2D eigenvalue weighted by Crippen LogP contribution is 2.38. The number of rotatable bonds is 20. The predicted molar refractivity (Wildman–Crippen MR) is 285 cm³/mol. The number of carbonyl (C=O) groups is 7. The Hall–Kier alpha value is -5.95. The summed E-state index contributed by atoms with van der Waals surface area (Å²) >= 11 is 0. The predicted octanol–water partition coefficient (Wildman–Crippen LogP) is 5.90. The van der Waals surface area contributed by atoms with Gasteiger partial charge < -0.3 is 56.8 Å². The molecule has 0 amide bonds. The van der Waals surface area contributed by atoms with Crippen molar-refractivity contribution < 1.29 is 95.3 Å². The number of ether oxygens (including phenoxy) is 12. The fraction of sp³-hybridized carbons (Fsp3) is 0.667. The van der Waals surface area contributed by atoms with Crippen molar-refractivity contribution in [1.82, 2.24) is 4.90 Å². The van der Waals surface area contributed by atoms with Crippen LogP contribution in [-0.4, -0.2) is 173 Å². The van der Waals surface area contributed by atoms with E-state index in [2.05, 4.69) is 0 Å². The van der Waals surface area contributed by atoms with Crippen LogP contribution in [0.4, 0.5) is 5.69 Å². The van der Waals surface area contributed by atoms with Crippen LogP contribution in [0.5, 0.6) is 0 Å². The summed E-state index contributed by atoms with van der Waals surface area (Å²) in [6.45, 7) is 15.7. The second kappa shape index (κ2) is 31.9. The van der Waals surface area contributed by atoms with Crippen molar-refractivity contribution in [1.29, 1.82) is 0 Å². The van der Waals surface area contributed by atoms with E-state index in [1.807, 2.05) is 0 Å². The molecule has 3 heterocycles. The molecule has 23 heteroatoms. The molecule has 2 saturated heterocycles. The number of esters is 6. The molecule has 4 rings (SSSR count). The number of nitrogens with zero attached hydrogens (tertiary/aromatic N) is 2. The van der Waals surface area contributed by atoms with Gasteiger partial charge in [0.2, 0.25) is 0 Å². The minimum atomic E-state index is -1.42. The van der Waals surface area contributed by atoms with Crippen molar-refractivity contribution in [2.24, 2.45) is 23.7 Å². The first-order chi connectivity index (χ1) is 37.8. The first kappa shape index (κ1) is 66.6. The molecule has 3 aliphatic heterocycles. The van der Waals surface area contributed by atoms with Crippen LogP contribution in [0.25, 0.3) is 0 Å². The number of carbonyl (C=O) groups excluding carboxylic acids is 7. The van der Waals surface area contributed by atoms with Gasteiger partial charge in [-0.3, -0.25) is 43.8 Å². The van der Waals surface area contributed by atoms with E-state index in [0.29, 0.717) is 11.1 Å². The Bertz CT molecular complexity index is 2350. The minimum absolute atomic E-state index is 0.0538. The largest absolute Gasteiger partial charge is 0.463 e. The lowest BCUT2D eigenvalue weighted by Gasteiger charge is -2.48. The summed E-state index contributed by atoms with van der Waals surface area (Å²) in [7, 11) is 6.29. The fourth-order valence-electron chi connectivity index (χ4n) is 10.4. The molecule has 1 aromatic rings. The zero-order valence-corrected chi connectivity index (χ0v) is 48.4. The van der Waals surface area contributed by atoms with Crippen molar-refractivity contribution in [3.05, 3.63) is 75.9 Å². The Kier molecular flexibility index (Phi) is 26.5. The van der Waals surface area contributed by atoms with Gasteiger partial charge in [0.15, 0.2) is 30.6 Å². The monoisotopic (exact) mass is 1130 g/mol. The summed E-state index contributed by atoms with van der Waals surface area (Å²) in [4.78, 5) is 106. The molecule has 23 nitrogen and oxygen atoms in total. The molecule has 0 unspecified atom stereocenters. The van der Waals surface area contributed by atoms with Crippen molar-refractivity contribution in [3.8, 4) is 0 Å². The highest BCUT2D eigenvalue weighted by molar-refractivity contribution is 5.91. The lowest BCUT2D eigenvalue weighted by molar-refractivity contribution is -0.384. The van der Waals surface area contributed by atoms with Gasteiger partial charge in [-0.15, -0.1) is 0 Å². The van der Waals surface area contributed by atoms with Gasteiger partial charge in [-0.2, -0.15) is 0 Å². The quantitative estimate of drug-likeness (QED) is 0.0483. The average molecular weight is 1130 g/mol. The van der Waals surface area contributed by atoms with Crippen LogP contribution >= 0.6 is 0 Å². The summed E-state index contributed by atoms with van der Waals surface area (Å²) in [6.07, 6.45) is -5.09. The molecule has 0 spiro atoms. The van der Waals surface area contributed by atoms with Gasteiger partial charge >= 0.3 is 35.8 Å². The van der Waals surface area contributed by atoms with Crippen LogP contribution in [0.3, 0.4) is 0 Å². The van der Waals surface area contributed by atoms with E-state index in [4.69, 9.17) is 56.8 Å². The topological polar surface area (TPSA) is 277 Å². The first-order valence-corrected chi connectivity index (χ1v) is 27.0. The summed E-state index contributed by atoms with van der Waals surface area (Å²) in [5.74, 6) is -7.62. The van der Waals surface area contributed by atoms with Gasteiger partial charge in [-0.1, -0.05) is 56.7 Å². The van der Waals surface area contributed by atoms with Crippen molar-refractivity contribution in [2.75, 3.05) is 41.5 Å². The molecule has 80 heavy (non-hydrogen) atoms. The van der Waals surface area contributed by atoms with Gasteiger partial charge in [-0.25, -0.2) is 4.79 Å².